The first-order valence-electron chi connectivity index (χ1n) is 10.9. The van der Waals surface area contributed by atoms with Gasteiger partial charge in [-0.2, -0.15) is 11.8 Å². The number of hydrogen-bond acceptors (Lipinski definition) is 5. The molecule has 2 saturated heterocycles. The highest BCUT2D eigenvalue weighted by atomic mass is 32.2. The molecule has 0 bridgehead atoms. The molecule has 4 rings (SSSR count). The predicted molar refractivity (Wildman–Crippen MR) is 119 cm³/mol. The Hall–Kier alpha value is -1.54. The van der Waals surface area contributed by atoms with Crippen molar-refractivity contribution in [3.63, 3.8) is 0 Å². The van der Waals surface area contributed by atoms with Gasteiger partial charge in [0.1, 0.15) is 0 Å². The SMILES string of the molecule is CN=C(NCC1(N2CCSCC2)CCCC1)NC1CCN(c2ncccc2F)C1. The summed E-state index contributed by atoms with van der Waals surface area (Å²) in [6, 6.07) is 3.36. The number of anilines is 1. The highest BCUT2D eigenvalue weighted by Crippen LogP contribution is 2.36. The Bertz CT molecular complexity index is 702. The molecule has 0 radical (unpaired) electrons. The number of rotatable bonds is 5. The second-order valence-electron chi connectivity index (χ2n) is 8.34. The van der Waals surface area contributed by atoms with E-state index in [4.69, 9.17) is 0 Å². The zero-order chi connectivity index (χ0) is 20.1. The predicted octanol–water partition coefficient (Wildman–Crippen LogP) is 2.33. The molecular formula is C21H33FN6S. The van der Waals surface area contributed by atoms with Crippen LogP contribution in [0.5, 0.6) is 0 Å². The first-order valence-corrected chi connectivity index (χ1v) is 12.0. The highest BCUT2D eigenvalue weighted by Gasteiger charge is 2.40. The van der Waals surface area contributed by atoms with Gasteiger partial charge in [0, 0.05) is 69.1 Å². The Morgan fingerprint density at radius 1 is 1.31 bits per heavy atom. The lowest BCUT2D eigenvalue weighted by atomic mass is 9.94. The van der Waals surface area contributed by atoms with Crippen molar-refractivity contribution in [1.29, 1.82) is 0 Å². The van der Waals surface area contributed by atoms with Crippen molar-refractivity contribution < 1.29 is 4.39 Å². The van der Waals surface area contributed by atoms with Crippen LogP contribution in [0.3, 0.4) is 0 Å². The number of aromatic nitrogens is 1. The third-order valence-corrected chi connectivity index (χ3v) is 7.53. The van der Waals surface area contributed by atoms with E-state index in [1.165, 1.54) is 56.3 Å². The van der Waals surface area contributed by atoms with Gasteiger partial charge >= 0.3 is 0 Å². The van der Waals surface area contributed by atoms with E-state index in [0.717, 1.165) is 32.0 Å². The van der Waals surface area contributed by atoms with E-state index in [2.05, 4.69) is 37.3 Å². The molecule has 0 aromatic carbocycles. The average molecular weight is 421 g/mol. The number of aliphatic imine (C=N–C) groups is 1. The molecule has 0 spiro atoms. The van der Waals surface area contributed by atoms with Crippen LogP contribution < -0.4 is 15.5 Å². The summed E-state index contributed by atoms with van der Waals surface area (Å²) in [4.78, 5) is 13.4. The van der Waals surface area contributed by atoms with Crippen LogP contribution in [0.2, 0.25) is 0 Å². The molecule has 1 unspecified atom stereocenters. The van der Waals surface area contributed by atoms with Crippen molar-refractivity contribution in [2.24, 2.45) is 4.99 Å². The van der Waals surface area contributed by atoms with Gasteiger partial charge < -0.3 is 15.5 Å². The van der Waals surface area contributed by atoms with E-state index in [1.807, 2.05) is 11.9 Å². The van der Waals surface area contributed by atoms with Gasteiger partial charge in [-0.3, -0.25) is 9.89 Å². The summed E-state index contributed by atoms with van der Waals surface area (Å²) in [5, 5.41) is 7.18. The van der Waals surface area contributed by atoms with Crippen LogP contribution in [0, 0.1) is 5.82 Å². The van der Waals surface area contributed by atoms with Gasteiger partial charge in [0.2, 0.25) is 0 Å². The topological polar surface area (TPSA) is 55.8 Å². The average Bonchev–Trinajstić information content (AvgIpc) is 3.42. The minimum Gasteiger partial charge on any atom is -0.355 e. The molecule has 2 aliphatic heterocycles. The first-order chi connectivity index (χ1) is 14.2. The maximum absolute atomic E-state index is 14.0. The maximum Gasteiger partial charge on any atom is 0.191 e. The number of guanidine groups is 1. The fourth-order valence-electron chi connectivity index (χ4n) is 4.99. The maximum atomic E-state index is 14.0. The van der Waals surface area contributed by atoms with Crippen LogP contribution >= 0.6 is 11.8 Å². The molecule has 29 heavy (non-hydrogen) atoms. The van der Waals surface area contributed by atoms with Gasteiger partial charge in [0.15, 0.2) is 17.6 Å². The van der Waals surface area contributed by atoms with Crippen molar-refractivity contribution in [2.45, 2.75) is 43.7 Å². The molecule has 0 amide bonds. The summed E-state index contributed by atoms with van der Waals surface area (Å²) in [6.07, 6.45) is 7.80. The molecule has 3 fully saturated rings. The third kappa shape index (κ3) is 4.79. The number of pyridine rings is 1. The molecule has 1 aliphatic carbocycles. The van der Waals surface area contributed by atoms with Crippen molar-refractivity contribution in [3.8, 4) is 0 Å². The summed E-state index contributed by atoms with van der Waals surface area (Å²) >= 11 is 2.07. The smallest absolute Gasteiger partial charge is 0.191 e. The normalized spacial score (nSPS) is 25.4. The Morgan fingerprint density at radius 2 is 2.10 bits per heavy atom. The van der Waals surface area contributed by atoms with Crippen molar-refractivity contribution >= 4 is 23.5 Å². The highest BCUT2D eigenvalue weighted by molar-refractivity contribution is 7.99. The molecule has 160 valence electrons. The lowest BCUT2D eigenvalue weighted by Crippen LogP contribution is -2.58. The molecule has 1 aromatic heterocycles. The quantitative estimate of drug-likeness (QED) is 0.563. The van der Waals surface area contributed by atoms with Crippen molar-refractivity contribution in [3.05, 3.63) is 24.1 Å². The Labute approximate surface area is 177 Å². The lowest BCUT2D eigenvalue weighted by molar-refractivity contribution is 0.107. The monoisotopic (exact) mass is 420 g/mol. The molecular weight excluding hydrogens is 387 g/mol. The second-order valence-corrected chi connectivity index (χ2v) is 9.57. The molecule has 1 atom stereocenters. The van der Waals surface area contributed by atoms with E-state index in [1.54, 1.807) is 12.3 Å². The van der Waals surface area contributed by atoms with Crippen molar-refractivity contribution in [2.75, 3.05) is 56.2 Å². The van der Waals surface area contributed by atoms with Gasteiger partial charge in [-0.05, 0) is 31.4 Å². The van der Waals surface area contributed by atoms with Gasteiger partial charge in [-0.1, -0.05) is 12.8 Å². The molecule has 1 saturated carbocycles. The molecule has 1 aromatic rings. The molecule has 3 aliphatic rings. The molecule has 3 heterocycles. The minimum atomic E-state index is -0.251. The van der Waals surface area contributed by atoms with Crippen LogP contribution in [0.15, 0.2) is 23.3 Å². The summed E-state index contributed by atoms with van der Waals surface area (Å²) in [7, 11) is 1.83. The van der Waals surface area contributed by atoms with Crippen LogP contribution in [0.1, 0.15) is 32.1 Å². The van der Waals surface area contributed by atoms with Gasteiger partial charge in [-0.15, -0.1) is 0 Å². The molecule has 2 N–H and O–H groups in total. The largest absolute Gasteiger partial charge is 0.355 e. The van der Waals surface area contributed by atoms with Gasteiger partial charge in [0.25, 0.3) is 0 Å². The van der Waals surface area contributed by atoms with Gasteiger partial charge in [0.05, 0.1) is 0 Å². The van der Waals surface area contributed by atoms with Gasteiger partial charge in [-0.25, -0.2) is 9.37 Å². The van der Waals surface area contributed by atoms with E-state index >= 15 is 0 Å². The van der Waals surface area contributed by atoms with E-state index in [-0.39, 0.29) is 17.4 Å². The fourth-order valence-corrected chi connectivity index (χ4v) is 5.90. The third-order valence-electron chi connectivity index (χ3n) is 6.59. The first kappa shape index (κ1) is 20.7. The number of nitrogens with one attached hydrogen (secondary N) is 2. The molecule has 8 heteroatoms. The minimum absolute atomic E-state index is 0.244. The summed E-state index contributed by atoms with van der Waals surface area (Å²) in [5.41, 5.74) is 0.275. The zero-order valence-corrected chi connectivity index (χ0v) is 18.2. The lowest BCUT2D eigenvalue weighted by Gasteiger charge is -2.43. The second kappa shape index (κ2) is 9.51. The number of halogens is 1. The summed E-state index contributed by atoms with van der Waals surface area (Å²) in [5.74, 6) is 3.55. The zero-order valence-electron chi connectivity index (χ0n) is 17.4. The van der Waals surface area contributed by atoms with Crippen LogP contribution in [0.4, 0.5) is 10.2 Å². The Balaban J connectivity index is 1.32. The molecule has 6 nitrogen and oxygen atoms in total. The van der Waals surface area contributed by atoms with E-state index < -0.39 is 0 Å². The van der Waals surface area contributed by atoms with E-state index in [0.29, 0.717) is 5.82 Å². The Morgan fingerprint density at radius 3 is 2.83 bits per heavy atom. The van der Waals surface area contributed by atoms with E-state index in [9.17, 15) is 4.39 Å². The Kier molecular flexibility index (Phi) is 6.80. The number of hydrogen-bond donors (Lipinski definition) is 2. The standard InChI is InChI=1S/C21H33FN6S/c1-23-20(25-16-21(7-2-3-8-21)28-11-13-29-14-12-28)26-17-6-10-27(15-17)19-18(22)5-4-9-24-19/h4-5,9,17H,2-3,6-8,10-16H2,1H3,(H2,23,25,26). The number of thioether (sulfide) groups is 1. The summed E-state index contributed by atoms with van der Waals surface area (Å²) < 4.78 is 14.0. The fraction of sp³-hybridized carbons (Fsp3) is 0.714. The van der Waals surface area contributed by atoms with Crippen LogP contribution in [0.25, 0.3) is 0 Å². The van der Waals surface area contributed by atoms with Crippen molar-refractivity contribution in [1.82, 2.24) is 20.5 Å². The summed E-state index contributed by atoms with van der Waals surface area (Å²) in [6.45, 7) is 4.89. The van der Waals surface area contributed by atoms with Crippen LogP contribution in [-0.4, -0.2) is 78.7 Å². The number of nitrogens with zero attached hydrogens (tertiary/aromatic N) is 4. The van der Waals surface area contributed by atoms with Crippen LogP contribution in [-0.2, 0) is 0 Å².